The van der Waals surface area contributed by atoms with Crippen molar-refractivity contribution in [2.24, 2.45) is 0 Å². The number of rotatable bonds is 53. The highest BCUT2D eigenvalue weighted by molar-refractivity contribution is 5.71. The van der Waals surface area contributed by atoms with E-state index in [9.17, 15) is 14.4 Å². The van der Waals surface area contributed by atoms with Gasteiger partial charge in [-0.15, -0.1) is 0 Å². The molecule has 6 heteroatoms. The average molecular weight is 952 g/mol. The van der Waals surface area contributed by atoms with Crippen LogP contribution in [0.4, 0.5) is 0 Å². The van der Waals surface area contributed by atoms with Gasteiger partial charge in [-0.1, -0.05) is 274 Å². The highest BCUT2D eigenvalue weighted by atomic mass is 16.6. The molecule has 0 saturated heterocycles. The maximum atomic E-state index is 12.8. The molecule has 0 aromatic rings. The number of carbonyl (C=O) groups is 3. The molecule has 394 valence electrons. The Morgan fingerprint density at radius 2 is 0.574 bits per heavy atom. The first kappa shape index (κ1) is 65.1. The topological polar surface area (TPSA) is 78.9 Å². The molecular weight excluding hydrogens is 841 g/mol. The molecule has 0 heterocycles. The van der Waals surface area contributed by atoms with Gasteiger partial charge in [-0.2, -0.15) is 0 Å². The van der Waals surface area contributed by atoms with Crippen molar-refractivity contribution in [2.75, 3.05) is 13.2 Å². The fourth-order valence-corrected chi connectivity index (χ4v) is 8.41. The second-order valence-electron chi connectivity index (χ2n) is 19.5. The van der Waals surface area contributed by atoms with Gasteiger partial charge in [0.25, 0.3) is 0 Å². The molecule has 0 fully saturated rings. The van der Waals surface area contributed by atoms with Crippen molar-refractivity contribution in [3.8, 4) is 0 Å². The van der Waals surface area contributed by atoms with Crippen LogP contribution in [0, 0.1) is 0 Å². The van der Waals surface area contributed by atoms with E-state index in [1.54, 1.807) is 0 Å². The van der Waals surface area contributed by atoms with Gasteiger partial charge in [0.1, 0.15) is 13.2 Å². The summed E-state index contributed by atoms with van der Waals surface area (Å²) in [5.74, 6) is -0.861. The Kier molecular flexibility index (Phi) is 54.3. The Balaban J connectivity index is 4.18. The van der Waals surface area contributed by atoms with E-state index in [0.717, 1.165) is 89.9 Å². The lowest BCUT2D eigenvalue weighted by Gasteiger charge is -2.18. The molecule has 0 aliphatic carbocycles. The molecule has 0 aliphatic heterocycles. The van der Waals surface area contributed by atoms with E-state index >= 15 is 0 Å². The maximum absolute atomic E-state index is 12.8. The molecule has 0 aliphatic rings. The van der Waals surface area contributed by atoms with E-state index in [1.807, 2.05) is 0 Å². The minimum Gasteiger partial charge on any atom is -0.462 e. The standard InChI is InChI=1S/C62H110O6/c1-4-7-10-13-16-19-22-24-25-26-27-28-29-30-31-32-33-34-35-36-37-38-41-43-46-49-52-55-61(64)67-58-59(57-66-60(63)54-51-48-45-42-39-21-18-15-12-9-6-3)68-62(65)56-53-50-47-44-40-23-20-17-14-11-8-5-2/h7,10,16,19,24-25,27-28,30-31,59H,4-6,8-9,11-15,17-18,20-23,26,29,32-58H2,1-3H3/b10-7-,19-16-,25-24-,28-27-,31-30-. The van der Waals surface area contributed by atoms with Gasteiger partial charge in [-0.3, -0.25) is 14.4 Å². The van der Waals surface area contributed by atoms with Gasteiger partial charge >= 0.3 is 17.9 Å². The Hall–Kier alpha value is -2.89. The molecule has 68 heavy (non-hydrogen) atoms. The molecule has 1 unspecified atom stereocenters. The highest BCUT2D eigenvalue weighted by Gasteiger charge is 2.19. The second-order valence-corrected chi connectivity index (χ2v) is 19.5. The van der Waals surface area contributed by atoms with Crippen LogP contribution < -0.4 is 0 Å². The second kappa shape index (κ2) is 56.7. The fraction of sp³-hybridized carbons (Fsp3) is 0.790. The number of hydrogen-bond acceptors (Lipinski definition) is 6. The average Bonchev–Trinajstić information content (AvgIpc) is 3.34. The summed E-state index contributed by atoms with van der Waals surface area (Å²) >= 11 is 0. The van der Waals surface area contributed by atoms with Crippen LogP contribution in [0.15, 0.2) is 60.8 Å². The van der Waals surface area contributed by atoms with Crippen LogP contribution in [-0.4, -0.2) is 37.2 Å². The first-order valence-corrected chi connectivity index (χ1v) is 29.3. The zero-order valence-corrected chi connectivity index (χ0v) is 45.1. The van der Waals surface area contributed by atoms with E-state index in [1.165, 1.54) is 167 Å². The van der Waals surface area contributed by atoms with Crippen molar-refractivity contribution in [1.82, 2.24) is 0 Å². The summed E-state index contributed by atoms with van der Waals surface area (Å²) in [5, 5.41) is 0. The van der Waals surface area contributed by atoms with E-state index in [2.05, 4.69) is 81.5 Å². The molecule has 0 bridgehead atoms. The molecule has 6 nitrogen and oxygen atoms in total. The van der Waals surface area contributed by atoms with E-state index in [0.29, 0.717) is 19.3 Å². The number of unbranched alkanes of at least 4 members (excludes halogenated alkanes) is 32. The molecule has 0 radical (unpaired) electrons. The zero-order chi connectivity index (χ0) is 49.3. The lowest BCUT2D eigenvalue weighted by atomic mass is 10.0. The van der Waals surface area contributed by atoms with Crippen molar-refractivity contribution in [3.63, 3.8) is 0 Å². The summed E-state index contributed by atoms with van der Waals surface area (Å²) in [6, 6.07) is 0. The van der Waals surface area contributed by atoms with Crippen LogP contribution in [0.5, 0.6) is 0 Å². The molecule has 0 aromatic heterocycles. The van der Waals surface area contributed by atoms with Gasteiger partial charge in [-0.25, -0.2) is 0 Å². The Morgan fingerprint density at radius 3 is 0.897 bits per heavy atom. The number of esters is 3. The minimum absolute atomic E-state index is 0.0700. The van der Waals surface area contributed by atoms with Crippen LogP contribution in [0.3, 0.4) is 0 Å². The maximum Gasteiger partial charge on any atom is 0.306 e. The van der Waals surface area contributed by atoms with Crippen molar-refractivity contribution < 1.29 is 28.6 Å². The van der Waals surface area contributed by atoms with Crippen LogP contribution in [-0.2, 0) is 28.6 Å². The predicted octanol–water partition coefficient (Wildman–Crippen LogP) is 19.6. The van der Waals surface area contributed by atoms with Crippen LogP contribution >= 0.6 is 0 Å². The summed E-state index contributed by atoms with van der Waals surface area (Å²) in [4.78, 5) is 38.0. The summed E-state index contributed by atoms with van der Waals surface area (Å²) in [7, 11) is 0. The molecule has 0 aromatic carbocycles. The summed E-state index contributed by atoms with van der Waals surface area (Å²) in [6.45, 7) is 6.54. The first-order chi connectivity index (χ1) is 33.5. The summed E-state index contributed by atoms with van der Waals surface area (Å²) in [5.41, 5.74) is 0. The third-order valence-electron chi connectivity index (χ3n) is 12.8. The summed E-state index contributed by atoms with van der Waals surface area (Å²) < 4.78 is 16.8. The number of carbonyl (C=O) groups excluding carboxylic acids is 3. The third kappa shape index (κ3) is 54.1. The normalized spacial score (nSPS) is 12.5. The van der Waals surface area contributed by atoms with Crippen LogP contribution in [0.2, 0.25) is 0 Å². The lowest BCUT2D eigenvalue weighted by molar-refractivity contribution is -0.167. The van der Waals surface area contributed by atoms with Gasteiger partial charge in [-0.05, 0) is 64.2 Å². The lowest BCUT2D eigenvalue weighted by Crippen LogP contribution is -2.30. The van der Waals surface area contributed by atoms with Gasteiger partial charge in [0.2, 0.25) is 0 Å². The van der Waals surface area contributed by atoms with E-state index < -0.39 is 6.10 Å². The zero-order valence-electron chi connectivity index (χ0n) is 45.1. The minimum atomic E-state index is -0.769. The van der Waals surface area contributed by atoms with Crippen molar-refractivity contribution in [1.29, 1.82) is 0 Å². The van der Waals surface area contributed by atoms with E-state index in [-0.39, 0.29) is 31.1 Å². The van der Waals surface area contributed by atoms with E-state index in [4.69, 9.17) is 14.2 Å². The first-order valence-electron chi connectivity index (χ1n) is 29.3. The number of allylic oxidation sites excluding steroid dienone is 10. The van der Waals surface area contributed by atoms with Gasteiger partial charge in [0.05, 0.1) is 0 Å². The molecule has 1 atom stereocenters. The number of ether oxygens (including phenoxy) is 3. The SMILES string of the molecule is CC/C=C\C/C=C\C/C=C\C/C=C\C/C=C\CCCCCCCCCCCCCC(=O)OCC(COC(=O)CCCCCCCCCCCCC)OC(=O)CCCCCCCCCCCCCC. The van der Waals surface area contributed by atoms with Gasteiger partial charge < -0.3 is 14.2 Å². The van der Waals surface area contributed by atoms with Gasteiger partial charge in [0.15, 0.2) is 6.10 Å². The quantitative estimate of drug-likeness (QED) is 0.0262. The largest absolute Gasteiger partial charge is 0.462 e. The molecule has 0 saturated carbocycles. The van der Waals surface area contributed by atoms with Crippen molar-refractivity contribution in [2.45, 2.75) is 303 Å². The van der Waals surface area contributed by atoms with Gasteiger partial charge in [0, 0.05) is 19.3 Å². The van der Waals surface area contributed by atoms with Crippen molar-refractivity contribution in [3.05, 3.63) is 60.8 Å². The molecule has 0 spiro atoms. The molecule has 0 rings (SSSR count). The van der Waals surface area contributed by atoms with Crippen LogP contribution in [0.25, 0.3) is 0 Å². The Morgan fingerprint density at radius 1 is 0.309 bits per heavy atom. The molecule has 0 amide bonds. The Labute approximate surface area is 421 Å². The van der Waals surface area contributed by atoms with Crippen LogP contribution in [0.1, 0.15) is 297 Å². The predicted molar refractivity (Wildman–Crippen MR) is 293 cm³/mol. The third-order valence-corrected chi connectivity index (χ3v) is 12.8. The highest BCUT2D eigenvalue weighted by Crippen LogP contribution is 2.16. The monoisotopic (exact) mass is 951 g/mol. The Bertz CT molecular complexity index is 1230. The molecular formula is C62H110O6. The van der Waals surface area contributed by atoms with Crippen molar-refractivity contribution >= 4 is 17.9 Å². The molecule has 0 N–H and O–H groups in total. The summed E-state index contributed by atoms with van der Waals surface area (Å²) in [6.07, 6.45) is 70.8. The number of hydrogen-bond donors (Lipinski definition) is 0. The fourth-order valence-electron chi connectivity index (χ4n) is 8.41. The smallest absolute Gasteiger partial charge is 0.306 e.